The van der Waals surface area contributed by atoms with E-state index in [1.54, 1.807) is 67.6 Å². The lowest BCUT2D eigenvalue weighted by molar-refractivity contribution is -0.115. The summed E-state index contributed by atoms with van der Waals surface area (Å²) in [7, 11) is 0. The molecule has 0 heterocycles. The predicted octanol–water partition coefficient (Wildman–Crippen LogP) is 5.93. The Balaban J connectivity index is 1.47. The Labute approximate surface area is 252 Å². The number of nitrogens with one attached hydrogen (secondary N) is 3. The molecule has 0 aromatic heterocycles. The first kappa shape index (κ1) is 30.6. The van der Waals surface area contributed by atoms with Gasteiger partial charge in [0.05, 0.1) is 5.25 Å². The van der Waals surface area contributed by atoms with Crippen LogP contribution >= 0.6 is 11.8 Å². The number of phenols is 1. The molecule has 0 saturated heterocycles. The highest BCUT2D eigenvalue weighted by atomic mass is 32.2. The average Bonchev–Trinajstić information content (AvgIpc) is 2.99. The number of carboxylic acid groups (broad SMARTS) is 1. The summed E-state index contributed by atoms with van der Waals surface area (Å²) < 4.78 is 0. The van der Waals surface area contributed by atoms with Gasteiger partial charge in [0.25, 0.3) is 11.8 Å². The SMILES string of the molecule is Cc1ccc(/C=C(\NC(=O)c2ccccc2)C(=O)Nc2cccc(SC(C)C(=O)Nc3ccc(O)c(C(=O)O)c3)c2)cc1. The van der Waals surface area contributed by atoms with E-state index < -0.39 is 28.8 Å². The molecule has 1 atom stereocenters. The van der Waals surface area contributed by atoms with Crippen molar-refractivity contribution in [3.8, 4) is 5.75 Å². The number of amides is 3. The normalized spacial score (nSPS) is 11.7. The van der Waals surface area contributed by atoms with Crippen molar-refractivity contribution in [2.75, 3.05) is 10.6 Å². The topological polar surface area (TPSA) is 145 Å². The summed E-state index contributed by atoms with van der Waals surface area (Å²) in [4.78, 5) is 51.0. The molecule has 4 aromatic rings. The largest absolute Gasteiger partial charge is 0.507 e. The lowest BCUT2D eigenvalue weighted by atomic mass is 10.1. The van der Waals surface area contributed by atoms with E-state index in [0.717, 1.165) is 11.1 Å². The van der Waals surface area contributed by atoms with Gasteiger partial charge in [0.2, 0.25) is 5.91 Å². The Kier molecular flexibility index (Phi) is 9.98. The van der Waals surface area contributed by atoms with Crippen molar-refractivity contribution in [1.29, 1.82) is 0 Å². The van der Waals surface area contributed by atoms with E-state index in [1.807, 2.05) is 31.2 Å². The Bertz CT molecular complexity index is 1690. The van der Waals surface area contributed by atoms with Gasteiger partial charge in [-0.2, -0.15) is 0 Å². The van der Waals surface area contributed by atoms with Gasteiger partial charge in [-0.15, -0.1) is 11.8 Å². The molecule has 5 N–H and O–H groups in total. The zero-order valence-corrected chi connectivity index (χ0v) is 24.1. The van der Waals surface area contributed by atoms with Gasteiger partial charge >= 0.3 is 5.97 Å². The summed E-state index contributed by atoms with van der Waals surface area (Å²) in [6, 6.07) is 26.8. The molecular formula is C33H29N3O6S. The van der Waals surface area contributed by atoms with Crippen LogP contribution in [-0.4, -0.2) is 39.2 Å². The number of carboxylic acids is 1. The minimum atomic E-state index is -1.31. The van der Waals surface area contributed by atoms with Gasteiger partial charge in [-0.3, -0.25) is 14.4 Å². The molecule has 0 aliphatic carbocycles. The van der Waals surface area contributed by atoms with Gasteiger partial charge in [0, 0.05) is 21.8 Å². The van der Waals surface area contributed by atoms with Crippen molar-refractivity contribution in [3.05, 3.63) is 125 Å². The van der Waals surface area contributed by atoms with E-state index in [9.17, 15) is 29.4 Å². The highest BCUT2D eigenvalue weighted by molar-refractivity contribution is 8.00. The number of aryl methyl sites for hydroxylation is 1. The first-order chi connectivity index (χ1) is 20.6. The summed E-state index contributed by atoms with van der Waals surface area (Å²) in [6.45, 7) is 3.64. The summed E-state index contributed by atoms with van der Waals surface area (Å²) in [6.07, 6.45) is 1.60. The number of benzene rings is 4. The van der Waals surface area contributed by atoms with Gasteiger partial charge in [-0.1, -0.05) is 54.1 Å². The molecule has 4 rings (SSSR count). The molecule has 43 heavy (non-hydrogen) atoms. The molecule has 1 unspecified atom stereocenters. The Morgan fingerprint density at radius 3 is 2.21 bits per heavy atom. The zero-order chi connectivity index (χ0) is 30.9. The first-order valence-corrected chi connectivity index (χ1v) is 14.1. The third kappa shape index (κ3) is 8.57. The smallest absolute Gasteiger partial charge is 0.339 e. The minimum absolute atomic E-state index is 0.0538. The van der Waals surface area contributed by atoms with Crippen LogP contribution in [0.15, 0.2) is 108 Å². The van der Waals surface area contributed by atoms with E-state index in [-0.39, 0.29) is 22.9 Å². The van der Waals surface area contributed by atoms with Crippen LogP contribution < -0.4 is 16.0 Å². The number of aromatic carboxylic acids is 1. The van der Waals surface area contributed by atoms with Crippen molar-refractivity contribution in [2.45, 2.75) is 24.0 Å². The molecule has 9 nitrogen and oxygen atoms in total. The van der Waals surface area contributed by atoms with Crippen molar-refractivity contribution < 1.29 is 29.4 Å². The number of thioether (sulfide) groups is 1. The van der Waals surface area contributed by atoms with Gasteiger partial charge in [-0.25, -0.2) is 4.79 Å². The second kappa shape index (κ2) is 14.0. The van der Waals surface area contributed by atoms with E-state index >= 15 is 0 Å². The number of carbonyl (C=O) groups is 4. The molecule has 0 fully saturated rings. The predicted molar refractivity (Wildman–Crippen MR) is 167 cm³/mol. The number of aromatic hydroxyl groups is 1. The highest BCUT2D eigenvalue weighted by Gasteiger charge is 2.18. The van der Waals surface area contributed by atoms with E-state index in [1.165, 1.54) is 30.0 Å². The molecule has 3 amide bonds. The maximum atomic E-state index is 13.4. The van der Waals surface area contributed by atoms with Crippen LogP contribution in [0.4, 0.5) is 11.4 Å². The molecule has 0 bridgehead atoms. The van der Waals surface area contributed by atoms with Crippen molar-refractivity contribution in [2.24, 2.45) is 0 Å². The Morgan fingerprint density at radius 1 is 0.814 bits per heavy atom. The number of carbonyl (C=O) groups excluding carboxylic acids is 3. The molecule has 0 radical (unpaired) electrons. The Hall–Kier alpha value is -5.35. The standard InChI is InChI=1S/C33H29N3O6S/c1-20-11-13-22(14-12-20)17-28(36-31(39)23-7-4-3-5-8-23)32(40)35-24-9-6-10-26(18-24)43-21(2)30(38)34-25-15-16-29(37)27(19-25)33(41)42/h3-19,21,37H,1-2H3,(H,34,38)(H,35,40)(H,36,39)(H,41,42)/b28-17-. The fourth-order valence-electron chi connectivity index (χ4n) is 3.90. The van der Waals surface area contributed by atoms with Crippen molar-refractivity contribution in [1.82, 2.24) is 5.32 Å². The van der Waals surface area contributed by atoms with Crippen molar-refractivity contribution >= 4 is 52.9 Å². The van der Waals surface area contributed by atoms with E-state index in [4.69, 9.17) is 0 Å². The van der Waals surface area contributed by atoms with E-state index in [0.29, 0.717) is 16.1 Å². The summed E-state index contributed by atoms with van der Waals surface area (Å²) in [5.74, 6) is -3.05. The molecule has 10 heteroatoms. The molecule has 0 saturated carbocycles. The first-order valence-electron chi connectivity index (χ1n) is 13.2. The Morgan fingerprint density at radius 2 is 1.51 bits per heavy atom. The lowest BCUT2D eigenvalue weighted by Crippen LogP contribution is -2.30. The molecule has 0 spiro atoms. The second-order valence-corrected chi connectivity index (χ2v) is 11.0. The van der Waals surface area contributed by atoms with Crippen LogP contribution in [0.3, 0.4) is 0 Å². The quantitative estimate of drug-likeness (QED) is 0.0868. The fourth-order valence-corrected chi connectivity index (χ4v) is 4.83. The van der Waals surface area contributed by atoms with Gasteiger partial charge in [-0.05, 0) is 74.0 Å². The van der Waals surface area contributed by atoms with Crippen LogP contribution in [0.1, 0.15) is 38.8 Å². The summed E-state index contributed by atoms with van der Waals surface area (Å²) in [5.41, 5.74) is 2.62. The summed E-state index contributed by atoms with van der Waals surface area (Å²) >= 11 is 1.23. The molecule has 0 aliphatic heterocycles. The second-order valence-electron chi connectivity index (χ2n) is 9.56. The highest BCUT2D eigenvalue weighted by Crippen LogP contribution is 2.28. The number of anilines is 2. The number of hydrogen-bond donors (Lipinski definition) is 5. The number of rotatable bonds is 10. The minimum Gasteiger partial charge on any atom is -0.507 e. The van der Waals surface area contributed by atoms with Crippen LogP contribution in [0.5, 0.6) is 5.75 Å². The van der Waals surface area contributed by atoms with E-state index in [2.05, 4.69) is 16.0 Å². The lowest BCUT2D eigenvalue weighted by Gasteiger charge is -2.14. The van der Waals surface area contributed by atoms with Gasteiger partial charge in [0.1, 0.15) is 17.0 Å². The number of hydrogen-bond acceptors (Lipinski definition) is 6. The van der Waals surface area contributed by atoms with Crippen LogP contribution in [-0.2, 0) is 9.59 Å². The van der Waals surface area contributed by atoms with Gasteiger partial charge < -0.3 is 26.2 Å². The molecular weight excluding hydrogens is 566 g/mol. The molecule has 4 aromatic carbocycles. The van der Waals surface area contributed by atoms with Crippen molar-refractivity contribution in [3.63, 3.8) is 0 Å². The monoisotopic (exact) mass is 595 g/mol. The molecule has 0 aliphatic rings. The fraction of sp³-hybridized carbons (Fsp3) is 0.0909. The third-order valence-corrected chi connectivity index (χ3v) is 7.28. The third-order valence-electron chi connectivity index (χ3n) is 6.19. The summed E-state index contributed by atoms with van der Waals surface area (Å²) in [5, 5.41) is 26.5. The maximum Gasteiger partial charge on any atom is 0.339 e. The van der Waals surface area contributed by atoms with Crippen LogP contribution in [0, 0.1) is 6.92 Å². The maximum absolute atomic E-state index is 13.4. The van der Waals surface area contributed by atoms with Crippen LogP contribution in [0.25, 0.3) is 6.08 Å². The van der Waals surface area contributed by atoms with Gasteiger partial charge in [0.15, 0.2) is 0 Å². The molecule has 218 valence electrons. The van der Waals surface area contributed by atoms with Crippen LogP contribution in [0.2, 0.25) is 0 Å². The average molecular weight is 596 g/mol. The zero-order valence-electron chi connectivity index (χ0n) is 23.3.